The second kappa shape index (κ2) is 12.3. The fourth-order valence-corrected chi connectivity index (χ4v) is 1.78. The van der Waals surface area contributed by atoms with Crippen molar-refractivity contribution in [2.75, 3.05) is 12.9 Å². The van der Waals surface area contributed by atoms with Gasteiger partial charge in [-0.25, -0.2) is 4.99 Å². The minimum Gasteiger partial charge on any atom is -0.466 e. The maximum absolute atomic E-state index is 11.4. The van der Waals surface area contributed by atoms with Crippen LogP contribution in [0.5, 0.6) is 0 Å². The zero-order valence-electron chi connectivity index (χ0n) is 12.6. The quantitative estimate of drug-likeness (QED) is 0.338. The van der Waals surface area contributed by atoms with Crippen molar-refractivity contribution < 1.29 is 13.7 Å². The Balaban J connectivity index is 0. The second-order valence-corrected chi connectivity index (χ2v) is 4.54. The van der Waals surface area contributed by atoms with Gasteiger partial charge in [-0.1, -0.05) is 33.1 Å². The fraction of sp³-hybridized carbons (Fsp3) is 0.429. The van der Waals surface area contributed by atoms with Crippen molar-refractivity contribution in [3.8, 4) is 0 Å². The lowest BCUT2D eigenvalue weighted by Crippen LogP contribution is -2.19. The third-order valence-corrected chi connectivity index (χ3v) is 2.83. The number of allylic oxidation sites excluding steroid dienone is 2. The fourth-order valence-electron chi connectivity index (χ4n) is 1.12. The molecule has 0 aromatic heterocycles. The van der Waals surface area contributed by atoms with Crippen LogP contribution in [0.1, 0.15) is 27.2 Å². The third kappa shape index (κ3) is 8.42. The van der Waals surface area contributed by atoms with Crippen LogP contribution in [0.2, 0.25) is 0 Å². The summed E-state index contributed by atoms with van der Waals surface area (Å²) in [6.07, 6.45) is 4.22. The summed E-state index contributed by atoms with van der Waals surface area (Å²) >= 11 is 0. The van der Waals surface area contributed by atoms with Crippen LogP contribution in [-0.2, 0) is 20.3 Å². The molecule has 0 aromatic rings. The normalized spacial score (nSPS) is 13.3. The highest BCUT2D eigenvalue weighted by Crippen LogP contribution is 2.12. The maximum Gasteiger partial charge on any atom is 0.313 e. The molecule has 1 atom stereocenters. The molecular formula is C14H24N2O3S. The number of ether oxygens (including phenoxy) is 1. The van der Waals surface area contributed by atoms with E-state index in [4.69, 9.17) is 10.5 Å². The van der Waals surface area contributed by atoms with Crippen molar-refractivity contribution >= 4 is 22.6 Å². The molecule has 0 amide bonds. The van der Waals surface area contributed by atoms with Gasteiger partial charge in [0.2, 0.25) is 0 Å². The first-order valence-electron chi connectivity index (χ1n) is 6.27. The predicted octanol–water partition coefficient (Wildman–Crippen LogP) is 2.29. The number of hydrogen-bond acceptors (Lipinski definition) is 4. The van der Waals surface area contributed by atoms with Gasteiger partial charge in [0.25, 0.3) is 0 Å². The summed E-state index contributed by atoms with van der Waals surface area (Å²) in [5, 5.41) is 0. The highest BCUT2D eigenvalue weighted by molar-refractivity contribution is 7.88. The van der Waals surface area contributed by atoms with Crippen molar-refractivity contribution in [2.24, 2.45) is 10.7 Å². The molecule has 0 rings (SSSR count). The first kappa shape index (κ1) is 20.6. The van der Waals surface area contributed by atoms with Gasteiger partial charge in [0.15, 0.2) is 0 Å². The lowest BCUT2D eigenvalue weighted by molar-refractivity contribution is -0.141. The van der Waals surface area contributed by atoms with Crippen LogP contribution in [0.25, 0.3) is 0 Å². The van der Waals surface area contributed by atoms with Gasteiger partial charge in [0.05, 0.1) is 28.0 Å². The molecule has 0 aliphatic rings. The zero-order chi connectivity index (χ0) is 16.1. The molecule has 1 unspecified atom stereocenters. The van der Waals surface area contributed by atoms with Crippen LogP contribution in [0.3, 0.4) is 0 Å². The summed E-state index contributed by atoms with van der Waals surface area (Å²) in [6.45, 7) is 13.1. The van der Waals surface area contributed by atoms with E-state index in [1.165, 1.54) is 18.4 Å². The first-order chi connectivity index (χ1) is 9.46. The Morgan fingerprint density at radius 2 is 1.90 bits per heavy atom. The molecule has 0 heterocycles. The van der Waals surface area contributed by atoms with E-state index < -0.39 is 16.8 Å². The number of amidine groups is 1. The summed E-state index contributed by atoms with van der Waals surface area (Å²) in [7, 11) is -1.25. The molecule has 0 radical (unpaired) electrons. The summed E-state index contributed by atoms with van der Waals surface area (Å²) in [4.78, 5) is 15.6. The number of hydrogen-bond donors (Lipinski definition) is 1. The smallest absolute Gasteiger partial charge is 0.313 e. The molecule has 2 N–H and O–H groups in total. The Bertz CT molecular complexity index is 426. The van der Waals surface area contributed by atoms with Gasteiger partial charge in [-0.15, -0.1) is 0 Å². The summed E-state index contributed by atoms with van der Waals surface area (Å²) < 4.78 is 16.2. The molecule has 5 nitrogen and oxygen atoms in total. The number of esters is 1. The second-order valence-electron chi connectivity index (χ2n) is 3.20. The molecule has 20 heavy (non-hydrogen) atoms. The van der Waals surface area contributed by atoms with Crippen molar-refractivity contribution in [2.45, 2.75) is 27.2 Å². The van der Waals surface area contributed by atoms with Crippen molar-refractivity contribution in [3.05, 3.63) is 35.9 Å². The van der Waals surface area contributed by atoms with Crippen LogP contribution < -0.4 is 5.73 Å². The van der Waals surface area contributed by atoms with Gasteiger partial charge < -0.3 is 10.5 Å². The Morgan fingerprint density at radius 3 is 2.25 bits per heavy atom. The van der Waals surface area contributed by atoms with E-state index in [2.05, 4.69) is 18.2 Å². The van der Waals surface area contributed by atoms with E-state index in [9.17, 15) is 9.00 Å². The van der Waals surface area contributed by atoms with Crippen LogP contribution >= 0.6 is 0 Å². The predicted molar refractivity (Wildman–Crippen MR) is 85.7 cm³/mol. The Hall–Kier alpha value is -1.69. The minimum absolute atomic E-state index is 0.0770. The molecule has 0 saturated carbocycles. The molecular weight excluding hydrogens is 276 g/mol. The van der Waals surface area contributed by atoms with Crippen LogP contribution in [-0.4, -0.2) is 28.9 Å². The average Bonchev–Trinajstić information content (AvgIpc) is 2.40. The highest BCUT2D eigenvalue weighted by atomic mass is 32.2. The maximum atomic E-state index is 11.4. The average molecular weight is 300 g/mol. The summed E-state index contributed by atoms with van der Waals surface area (Å²) in [5.41, 5.74) is 5.95. The number of nitrogens with zero attached hydrogens (tertiary/aromatic N) is 1. The third-order valence-electron chi connectivity index (χ3n) is 1.84. The Morgan fingerprint density at radius 1 is 1.35 bits per heavy atom. The van der Waals surface area contributed by atoms with Crippen LogP contribution in [0, 0.1) is 0 Å². The van der Waals surface area contributed by atoms with Crippen molar-refractivity contribution in [3.63, 3.8) is 0 Å². The largest absolute Gasteiger partial charge is 0.466 e. The van der Waals surface area contributed by atoms with Crippen molar-refractivity contribution in [1.82, 2.24) is 0 Å². The minimum atomic E-state index is -1.25. The van der Waals surface area contributed by atoms with Gasteiger partial charge in [0, 0.05) is 6.26 Å². The Kier molecular flexibility index (Phi) is 12.7. The van der Waals surface area contributed by atoms with Crippen molar-refractivity contribution in [1.29, 1.82) is 0 Å². The molecule has 0 aliphatic carbocycles. The SMILES string of the molecule is C=C/C(N=C(N)CC(=O)OCC)=C(\C=C)S(C)=O.CC. The number of aliphatic imine (C=N–C) groups is 1. The Labute approximate surface area is 123 Å². The van der Waals surface area contributed by atoms with E-state index in [0.717, 1.165) is 0 Å². The van der Waals surface area contributed by atoms with Gasteiger partial charge in [-0.2, -0.15) is 0 Å². The zero-order valence-corrected chi connectivity index (χ0v) is 13.5. The number of nitrogens with two attached hydrogens (primary N) is 1. The monoisotopic (exact) mass is 300 g/mol. The molecule has 114 valence electrons. The highest BCUT2D eigenvalue weighted by Gasteiger charge is 2.08. The van der Waals surface area contributed by atoms with Gasteiger partial charge in [-0.05, 0) is 13.0 Å². The van der Waals surface area contributed by atoms with Crippen LogP contribution in [0.4, 0.5) is 0 Å². The lowest BCUT2D eigenvalue weighted by atomic mass is 10.3. The molecule has 0 aliphatic heterocycles. The van der Waals surface area contributed by atoms with E-state index in [0.29, 0.717) is 10.6 Å². The van der Waals surface area contributed by atoms with E-state index in [1.54, 1.807) is 6.92 Å². The number of carbonyl (C=O) groups excluding carboxylic acids is 1. The van der Waals surface area contributed by atoms with E-state index in [-0.39, 0.29) is 18.9 Å². The summed E-state index contributed by atoms with van der Waals surface area (Å²) in [6, 6.07) is 0. The topological polar surface area (TPSA) is 81.8 Å². The molecule has 0 aromatic carbocycles. The number of carbonyl (C=O) groups is 1. The van der Waals surface area contributed by atoms with Gasteiger partial charge in [0.1, 0.15) is 12.3 Å². The molecule has 0 bridgehead atoms. The molecule has 6 heteroatoms. The van der Waals surface area contributed by atoms with E-state index in [1.807, 2.05) is 13.8 Å². The van der Waals surface area contributed by atoms with Gasteiger partial charge in [-0.3, -0.25) is 9.00 Å². The standard InChI is InChI=1S/C12H18N2O3S.C2H6/c1-5-9(10(6-2)18(4)16)14-11(13)8-12(15)17-7-3;1-2/h5-6H,1-2,7-8H2,3-4H3,(H2,13,14);1-2H3/b10-9-;. The molecule has 0 spiro atoms. The number of rotatable bonds is 7. The van der Waals surface area contributed by atoms with E-state index >= 15 is 0 Å². The molecule has 0 fully saturated rings. The first-order valence-corrected chi connectivity index (χ1v) is 7.83. The lowest BCUT2D eigenvalue weighted by Gasteiger charge is -2.04. The van der Waals surface area contributed by atoms with Crippen LogP contribution in [0.15, 0.2) is 40.9 Å². The summed E-state index contributed by atoms with van der Waals surface area (Å²) in [5.74, 6) is -0.381. The molecule has 0 saturated heterocycles. The van der Waals surface area contributed by atoms with Gasteiger partial charge >= 0.3 is 5.97 Å².